The van der Waals surface area contributed by atoms with E-state index in [0.717, 1.165) is 5.56 Å². The van der Waals surface area contributed by atoms with Crippen LogP contribution in [0.1, 0.15) is 12.5 Å². The molecule has 0 aromatic heterocycles. The average Bonchev–Trinajstić information content (AvgIpc) is 2.33. The predicted molar refractivity (Wildman–Crippen MR) is 61.9 cm³/mol. The summed E-state index contributed by atoms with van der Waals surface area (Å²) in [6.07, 6.45) is 0. The van der Waals surface area contributed by atoms with E-state index in [2.05, 4.69) is 15.8 Å². The molecule has 17 heavy (non-hydrogen) atoms. The highest BCUT2D eigenvalue weighted by molar-refractivity contribution is 6.03. The summed E-state index contributed by atoms with van der Waals surface area (Å²) in [4.78, 5) is 15.4. The van der Waals surface area contributed by atoms with Crippen LogP contribution in [0.2, 0.25) is 0 Å². The lowest BCUT2D eigenvalue weighted by Crippen LogP contribution is -2.50. The van der Waals surface area contributed by atoms with Gasteiger partial charge in [0.15, 0.2) is 11.5 Å². The van der Waals surface area contributed by atoms with Gasteiger partial charge in [0.05, 0.1) is 7.11 Å². The van der Waals surface area contributed by atoms with Gasteiger partial charge in [0.2, 0.25) is 0 Å². The van der Waals surface area contributed by atoms with Gasteiger partial charge in [0.25, 0.3) is 5.91 Å². The Morgan fingerprint density at radius 3 is 2.82 bits per heavy atom. The number of aromatic hydroxyl groups is 1. The quantitative estimate of drug-likeness (QED) is 0.682. The molecule has 1 aliphatic rings. The molecule has 2 rings (SSSR count). The summed E-state index contributed by atoms with van der Waals surface area (Å²) in [5.41, 5.74) is 5.94. The average molecular weight is 235 g/mol. The molecular formula is C11H13N3O3. The van der Waals surface area contributed by atoms with Crippen molar-refractivity contribution in [2.75, 3.05) is 7.11 Å². The first-order valence-corrected chi connectivity index (χ1v) is 5.13. The van der Waals surface area contributed by atoms with Gasteiger partial charge in [-0.2, -0.15) is 0 Å². The van der Waals surface area contributed by atoms with E-state index in [0.29, 0.717) is 11.6 Å². The van der Waals surface area contributed by atoms with Crippen LogP contribution in [0.4, 0.5) is 0 Å². The largest absolute Gasteiger partial charge is 0.504 e. The van der Waals surface area contributed by atoms with Gasteiger partial charge in [-0.25, -0.2) is 0 Å². The van der Waals surface area contributed by atoms with Crippen molar-refractivity contribution in [3.8, 4) is 11.5 Å². The predicted octanol–water partition coefficient (Wildman–Crippen LogP) is 0.170. The second kappa shape index (κ2) is 4.32. The minimum atomic E-state index is -0.439. The number of hydrogen-bond acceptors (Lipinski definition) is 5. The van der Waals surface area contributed by atoms with Crippen molar-refractivity contribution in [2.45, 2.75) is 13.0 Å². The summed E-state index contributed by atoms with van der Waals surface area (Å²) in [7, 11) is 1.47. The molecule has 1 aromatic carbocycles. The number of phenolic OH excluding ortho intramolecular Hbond substituents is 1. The van der Waals surface area contributed by atoms with Gasteiger partial charge < -0.3 is 9.84 Å². The van der Waals surface area contributed by atoms with Gasteiger partial charge in [-0.1, -0.05) is 0 Å². The maximum atomic E-state index is 11.2. The zero-order valence-electron chi connectivity index (χ0n) is 9.52. The van der Waals surface area contributed by atoms with Crippen LogP contribution in [0.25, 0.3) is 0 Å². The number of aliphatic imine (C=N–C) groups is 1. The lowest BCUT2D eigenvalue weighted by Gasteiger charge is -2.20. The Bertz CT molecular complexity index is 485. The van der Waals surface area contributed by atoms with Crippen molar-refractivity contribution in [1.82, 2.24) is 10.9 Å². The molecule has 1 heterocycles. The molecule has 6 heteroatoms. The molecule has 0 fully saturated rings. The molecule has 0 saturated heterocycles. The molecule has 0 bridgehead atoms. The Labute approximate surface area is 98.3 Å². The van der Waals surface area contributed by atoms with E-state index in [1.807, 2.05) is 0 Å². The number of carbonyl (C=O) groups is 1. The molecule has 3 N–H and O–H groups in total. The van der Waals surface area contributed by atoms with Crippen LogP contribution in [0.15, 0.2) is 23.2 Å². The third-order valence-electron chi connectivity index (χ3n) is 2.46. The number of amidine groups is 1. The summed E-state index contributed by atoms with van der Waals surface area (Å²) in [6, 6.07) is 4.41. The van der Waals surface area contributed by atoms with E-state index in [9.17, 15) is 9.90 Å². The number of nitrogens with zero attached hydrogens (tertiary/aromatic N) is 1. The zero-order valence-corrected chi connectivity index (χ0v) is 9.52. The number of hydrazine groups is 1. The van der Waals surface area contributed by atoms with Crippen LogP contribution in [0, 0.1) is 0 Å². The van der Waals surface area contributed by atoms with Crippen LogP contribution in [-0.4, -0.2) is 30.0 Å². The fraction of sp³-hybridized carbons (Fsp3) is 0.273. The summed E-state index contributed by atoms with van der Waals surface area (Å²) in [5, 5.41) is 9.47. The van der Waals surface area contributed by atoms with Crippen molar-refractivity contribution in [2.24, 2.45) is 4.99 Å². The molecule has 1 unspecified atom stereocenters. The van der Waals surface area contributed by atoms with Crippen LogP contribution >= 0.6 is 0 Å². The second-order valence-corrected chi connectivity index (χ2v) is 3.65. The molecule has 1 atom stereocenters. The third kappa shape index (κ3) is 2.15. The maximum Gasteiger partial charge on any atom is 0.262 e. The molecule has 90 valence electrons. The van der Waals surface area contributed by atoms with Crippen molar-refractivity contribution in [3.63, 3.8) is 0 Å². The molecule has 1 aliphatic heterocycles. The number of rotatable bonds is 2. The van der Waals surface area contributed by atoms with Gasteiger partial charge in [0.1, 0.15) is 11.9 Å². The number of ether oxygens (including phenoxy) is 1. The number of nitrogens with one attached hydrogen (secondary N) is 2. The number of amides is 1. The Kier molecular flexibility index (Phi) is 2.86. The highest BCUT2D eigenvalue weighted by Gasteiger charge is 2.19. The SMILES string of the molecule is COc1cc(C2=NC(C)C(=O)NN2)ccc1O. The van der Waals surface area contributed by atoms with Crippen molar-refractivity contribution >= 4 is 11.7 Å². The van der Waals surface area contributed by atoms with Crippen LogP contribution in [-0.2, 0) is 4.79 Å². The van der Waals surface area contributed by atoms with Crippen molar-refractivity contribution in [3.05, 3.63) is 23.8 Å². The number of carbonyl (C=O) groups excluding carboxylic acids is 1. The first-order valence-electron chi connectivity index (χ1n) is 5.13. The summed E-state index contributed by atoms with van der Waals surface area (Å²) in [5.74, 6) is 0.774. The van der Waals surface area contributed by atoms with Gasteiger partial charge in [-0.3, -0.25) is 20.6 Å². The Morgan fingerprint density at radius 2 is 2.18 bits per heavy atom. The number of benzene rings is 1. The third-order valence-corrected chi connectivity index (χ3v) is 2.46. The smallest absolute Gasteiger partial charge is 0.262 e. The van der Waals surface area contributed by atoms with Crippen LogP contribution < -0.4 is 15.6 Å². The first-order chi connectivity index (χ1) is 8.11. The monoisotopic (exact) mass is 235 g/mol. The normalized spacial score (nSPS) is 19.1. The molecule has 0 spiro atoms. The highest BCUT2D eigenvalue weighted by atomic mass is 16.5. The minimum Gasteiger partial charge on any atom is -0.504 e. The van der Waals surface area contributed by atoms with E-state index in [1.54, 1.807) is 19.1 Å². The first kappa shape index (κ1) is 11.3. The van der Waals surface area contributed by atoms with Gasteiger partial charge >= 0.3 is 0 Å². The fourth-order valence-corrected chi connectivity index (χ4v) is 1.48. The zero-order chi connectivity index (χ0) is 12.4. The second-order valence-electron chi connectivity index (χ2n) is 3.65. The molecule has 0 saturated carbocycles. The van der Waals surface area contributed by atoms with E-state index in [4.69, 9.17) is 4.74 Å². The fourth-order valence-electron chi connectivity index (χ4n) is 1.48. The lowest BCUT2D eigenvalue weighted by atomic mass is 10.1. The van der Waals surface area contributed by atoms with Crippen LogP contribution in [0.3, 0.4) is 0 Å². The van der Waals surface area contributed by atoms with Crippen molar-refractivity contribution in [1.29, 1.82) is 0 Å². The van der Waals surface area contributed by atoms with Crippen LogP contribution in [0.5, 0.6) is 11.5 Å². The highest BCUT2D eigenvalue weighted by Crippen LogP contribution is 2.26. The molecule has 1 amide bonds. The summed E-state index contributed by atoms with van der Waals surface area (Å²) in [6.45, 7) is 1.70. The van der Waals surface area contributed by atoms with E-state index in [-0.39, 0.29) is 11.7 Å². The number of phenols is 1. The minimum absolute atomic E-state index is 0.0599. The molecule has 1 aromatic rings. The van der Waals surface area contributed by atoms with Gasteiger partial charge in [0, 0.05) is 5.56 Å². The Morgan fingerprint density at radius 1 is 1.41 bits per heavy atom. The summed E-state index contributed by atoms with van der Waals surface area (Å²) < 4.78 is 5.00. The van der Waals surface area contributed by atoms with E-state index in [1.165, 1.54) is 13.2 Å². The Balaban J connectivity index is 2.35. The Hall–Kier alpha value is -2.24. The van der Waals surface area contributed by atoms with Crippen molar-refractivity contribution < 1.29 is 14.6 Å². The molecule has 6 nitrogen and oxygen atoms in total. The lowest BCUT2D eigenvalue weighted by molar-refractivity contribution is -0.122. The van der Waals surface area contributed by atoms with Gasteiger partial charge in [-0.15, -0.1) is 0 Å². The topological polar surface area (TPSA) is 83.0 Å². The number of hydrogen-bond donors (Lipinski definition) is 3. The molecular weight excluding hydrogens is 222 g/mol. The molecule has 0 aliphatic carbocycles. The van der Waals surface area contributed by atoms with Gasteiger partial charge in [-0.05, 0) is 25.1 Å². The van der Waals surface area contributed by atoms with E-state index < -0.39 is 6.04 Å². The molecule has 0 radical (unpaired) electrons. The standard InChI is InChI=1S/C11H13N3O3/c1-6-11(16)14-13-10(12-6)7-3-4-8(15)9(5-7)17-2/h3-6,15H,1-2H3,(H,12,13)(H,14,16). The number of methoxy groups -OCH3 is 1. The maximum absolute atomic E-state index is 11.2. The van der Waals surface area contributed by atoms with E-state index >= 15 is 0 Å². The summed E-state index contributed by atoms with van der Waals surface area (Å²) >= 11 is 0.